The van der Waals surface area contributed by atoms with Gasteiger partial charge in [-0.1, -0.05) is 18.2 Å². The molecular weight excluding hydrogens is 228 g/mol. The van der Waals surface area contributed by atoms with E-state index in [0.717, 1.165) is 28.5 Å². The van der Waals surface area contributed by atoms with Gasteiger partial charge < -0.3 is 15.0 Å². The Kier molecular flexibility index (Phi) is 3.62. The molecule has 0 unspecified atom stereocenters. The smallest absolute Gasteiger partial charge is 0.170 e. The van der Waals surface area contributed by atoms with Crippen LogP contribution in [0.1, 0.15) is 22.8 Å². The van der Waals surface area contributed by atoms with Crippen molar-refractivity contribution in [3.05, 3.63) is 41.0 Å². The summed E-state index contributed by atoms with van der Waals surface area (Å²) in [5, 5.41) is 8.07. The Morgan fingerprint density at radius 2 is 2.06 bits per heavy atom. The molecule has 0 aliphatic heterocycles. The first-order valence-electron chi connectivity index (χ1n) is 5.89. The number of aryl methyl sites for hydroxylation is 2. The van der Waals surface area contributed by atoms with Crippen LogP contribution in [0.5, 0.6) is 5.75 Å². The highest BCUT2D eigenvalue weighted by molar-refractivity contribution is 5.40. The molecule has 2 aromatic rings. The van der Waals surface area contributed by atoms with Crippen molar-refractivity contribution in [1.29, 1.82) is 0 Å². The Morgan fingerprint density at radius 1 is 1.28 bits per heavy atom. The number of rotatable bonds is 4. The topological polar surface area (TPSA) is 66.0 Å². The van der Waals surface area contributed by atoms with Crippen LogP contribution in [-0.4, -0.2) is 14.8 Å². The molecule has 2 rings (SSSR count). The highest BCUT2D eigenvalue weighted by atomic mass is 16.5. The van der Waals surface area contributed by atoms with Gasteiger partial charge in [-0.15, -0.1) is 10.2 Å². The zero-order chi connectivity index (χ0) is 13.1. The van der Waals surface area contributed by atoms with E-state index < -0.39 is 0 Å². The van der Waals surface area contributed by atoms with Gasteiger partial charge in [-0.2, -0.15) is 0 Å². The van der Waals surface area contributed by atoms with E-state index in [1.54, 1.807) is 0 Å². The number of ether oxygens (including phenoxy) is 1. The maximum Gasteiger partial charge on any atom is 0.170 e. The third kappa shape index (κ3) is 2.36. The minimum Gasteiger partial charge on any atom is -0.485 e. The predicted octanol–water partition coefficient (Wildman–Crippen LogP) is 1.47. The van der Waals surface area contributed by atoms with Crippen LogP contribution < -0.4 is 10.5 Å². The van der Waals surface area contributed by atoms with Crippen LogP contribution in [0.3, 0.4) is 0 Å². The number of benzene rings is 1. The first-order valence-corrected chi connectivity index (χ1v) is 5.89. The second kappa shape index (κ2) is 5.18. The van der Waals surface area contributed by atoms with Crippen molar-refractivity contribution in [2.45, 2.75) is 27.0 Å². The average molecular weight is 246 g/mol. The van der Waals surface area contributed by atoms with Gasteiger partial charge in [-0.05, 0) is 19.4 Å². The second-order valence-electron chi connectivity index (χ2n) is 4.28. The predicted molar refractivity (Wildman–Crippen MR) is 69.1 cm³/mol. The van der Waals surface area contributed by atoms with Crippen molar-refractivity contribution in [3.8, 4) is 5.75 Å². The van der Waals surface area contributed by atoms with Crippen LogP contribution in [0.15, 0.2) is 18.2 Å². The van der Waals surface area contributed by atoms with E-state index in [9.17, 15) is 0 Å². The first kappa shape index (κ1) is 12.6. The highest BCUT2D eigenvalue weighted by Crippen LogP contribution is 2.23. The molecule has 2 N–H and O–H groups in total. The molecule has 0 spiro atoms. The van der Waals surface area contributed by atoms with Crippen LogP contribution in [0, 0.1) is 13.8 Å². The fourth-order valence-corrected chi connectivity index (χ4v) is 1.79. The zero-order valence-electron chi connectivity index (χ0n) is 11.0. The van der Waals surface area contributed by atoms with Crippen molar-refractivity contribution in [3.63, 3.8) is 0 Å². The quantitative estimate of drug-likeness (QED) is 0.887. The van der Waals surface area contributed by atoms with Crippen molar-refractivity contribution in [2.75, 3.05) is 0 Å². The summed E-state index contributed by atoms with van der Waals surface area (Å²) < 4.78 is 7.75. The maximum absolute atomic E-state index is 5.84. The van der Waals surface area contributed by atoms with Crippen LogP contribution in [0.2, 0.25) is 0 Å². The number of aromatic nitrogens is 3. The molecule has 5 nitrogen and oxygen atoms in total. The van der Waals surface area contributed by atoms with Crippen LogP contribution in [0.25, 0.3) is 0 Å². The molecule has 0 bridgehead atoms. The molecule has 5 heteroatoms. The maximum atomic E-state index is 5.84. The van der Waals surface area contributed by atoms with Gasteiger partial charge in [0.2, 0.25) is 0 Å². The molecule has 0 aliphatic rings. The minimum absolute atomic E-state index is 0.398. The Morgan fingerprint density at radius 3 is 2.67 bits per heavy atom. The van der Waals surface area contributed by atoms with Gasteiger partial charge in [0, 0.05) is 19.2 Å². The fraction of sp³-hybridized carbons (Fsp3) is 0.385. The number of hydrogen-bond acceptors (Lipinski definition) is 4. The van der Waals surface area contributed by atoms with Gasteiger partial charge >= 0.3 is 0 Å². The molecule has 0 fully saturated rings. The molecule has 0 radical (unpaired) electrons. The molecule has 1 aromatic heterocycles. The lowest BCUT2D eigenvalue weighted by Crippen LogP contribution is -2.08. The molecule has 0 aliphatic carbocycles. The summed E-state index contributed by atoms with van der Waals surface area (Å²) >= 11 is 0. The van der Waals surface area contributed by atoms with E-state index in [4.69, 9.17) is 10.5 Å². The molecule has 0 atom stereocenters. The summed E-state index contributed by atoms with van der Waals surface area (Å²) in [6.07, 6.45) is 0. The molecule has 0 amide bonds. The van der Waals surface area contributed by atoms with E-state index in [1.165, 1.54) is 0 Å². The summed E-state index contributed by atoms with van der Waals surface area (Å²) in [6.45, 7) is 4.79. The third-order valence-corrected chi connectivity index (χ3v) is 3.04. The monoisotopic (exact) mass is 246 g/mol. The van der Waals surface area contributed by atoms with Gasteiger partial charge in [0.25, 0.3) is 0 Å². The molecule has 1 aromatic carbocycles. The van der Waals surface area contributed by atoms with Crippen molar-refractivity contribution < 1.29 is 4.74 Å². The third-order valence-electron chi connectivity index (χ3n) is 3.04. The SMILES string of the molecule is Cc1cccc(CN)c1OCc1nnc(C)n1C. The lowest BCUT2D eigenvalue weighted by atomic mass is 10.1. The van der Waals surface area contributed by atoms with Crippen LogP contribution in [0.4, 0.5) is 0 Å². The average Bonchev–Trinajstić information content (AvgIpc) is 2.68. The number of hydrogen-bond donors (Lipinski definition) is 1. The summed E-state index contributed by atoms with van der Waals surface area (Å²) in [5.41, 5.74) is 7.80. The molecule has 0 saturated carbocycles. The van der Waals surface area contributed by atoms with Crippen molar-refractivity contribution in [1.82, 2.24) is 14.8 Å². The Labute approximate surface area is 107 Å². The van der Waals surface area contributed by atoms with Crippen molar-refractivity contribution >= 4 is 0 Å². The van der Waals surface area contributed by atoms with E-state index in [1.807, 2.05) is 43.7 Å². The van der Waals surface area contributed by atoms with Crippen LogP contribution in [-0.2, 0) is 20.2 Å². The second-order valence-corrected chi connectivity index (χ2v) is 4.28. The molecule has 96 valence electrons. The normalized spacial score (nSPS) is 10.7. The first-order chi connectivity index (χ1) is 8.63. The van der Waals surface area contributed by atoms with Crippen molar-refractivity contribution in [2.24, 2.45) is 12.8 Å². The van der Waals surface area contributed by atoms with E-state index >= 15 is 0 Å². The summed E-state index contributed by atoms with van der Waals surface area (Å²) in [4.78, 5) is 0. The Hall–Kier alpha value is -1.88. The van der Waals surface area contributed by atoms with E-state index in [2.05, 4.69) is 10.2 Å². The summed E-state index contributed by atoms with van der Waals surface area (Å²) in [7, 11) is 1.93. The zero-order valence-corrected chi connectivity index (χ0v) is 11.0. The molecular formula is C13H18N4O. The summed E-state index contributed by atoms with van der Waals surface area (Å²) in [6, 6.07) is 5.97. The fourth-order valence-electron chi connectivity index (χ4n) is 1.79. The highest BCUT2D eigenvalue weighted by Gasteiger charge is 2.09. The number of nitrogens with two attached hydrogens (primary N) is 1. The Balaban J connectivity index is 2.18. The lowest BCUT2D eigenvalue weighted by Gasteiger charge is -2.12. The standard InChI is InChI=1S/C13H18N4O/c1-9-5-4-6-11(7-14)13(9)18-8-12-16-15-10(2)17(12)3/h4-6H,7-8,14H2,1-3H3. The van der Waals surface area contributed by atoms with Gasteiger partial charge in [0.15, 0.2) is 5.82 Å². The lowest BCUT2D eigenvalue weighted by molar-refractivity contribution is 0.286. The number of para-hydroxylation sites is 1. The minimum atomic E-state index is 0.398. The van der Waals surface area contributed by atoms with Gasteiger partial charge in [-0.3, -0.25) is 0 Å². The van der Waals surface area contributed by atoms with E-state index in [0.29, 0.717) is 13.2 Å². The number of nitrogens with zero attached hydrogens (tertiary/aromatic N) is 3. The van der Waals surface area contributed by atoms with Gasteiger partial charge in [0.05, 0.1) is 0 Å². The Bertz CT molecular complexity index is 548. The van der Waals surface area contributed by atoms with Gasteiger partial charge in [0.1, 0.15) is 18.2 Å². The van der Waals surface area contributed by atoms with Crippen LogP contribution >= 0.6 is 0 Å². The largest absolute Gasteiger partial charge is 0.485 e. The molecule has 1 heterocycles. The van der Waals surface area contributed by atoms with E-state index in [-0.39, 0.29) is 0 Å². The molecule has 18 heavy (non-hydrogen) atoms. The van der Waals surface area contributed by atoms with Gasteiger partial charge in [-0.25, -0.2) is 0 Å². The molecule has 0 saturated heterocycles. The summed E-state index contributed by atoms with van der Waals surface area (Å²) in [5.74, 6) is 2.52.